The normalized spacial score (nSPS) is 15.3. The van der Waals surface area contributed by atoms with E-state index in [0.29, 0.717) is 13.1 Å². The maximum atomic E-state index is 12.9. The summed E-state index contributed by atoms with van der Waals surface area (Å²) in [4.78, 5) is 12.5. The van der Waals surface area contributed by atoms with Crippen LogP contribution in [0.1, 0.15) is 29.6 Å². The number of rotatable bonds is 7. The number of benzene rings is 2. The average molecular weight is 484 g/mol. The summed E-state index contributed by atoms with van der Waals surface area (Å²) in [6, 6.07) is 7.47. The second-order valence-corrected chi connectivity index (χ2v) is 11.0. The van der Waals surface area contributed by atoms with Gasteiger partial charge in [-0.25, -0.2) is 21.6 Å². The van der Waals surface area contributed by atoms with Crippen molar-refractivity contribution in [3.05, 3.63) is 42.0 Å². The monoisotopic (exact) mass is 483 g/mol. The number of piperidine rings is 1. The minimum absolute atomic E-state index is 0.0247. The molecule has 0 aliphatic carbocycles. The van der Waals surface area contributed by atoms with Crippen LogP contribution in [0, 0.1) is 0 Å². The molecule has 1 aliphatic heterocycles. The fraction of sp³-hybridized carbons (Fsp3) is 0.350. The molecule has 3 rings (SSSR count). The predicted octanol–water partition coefficient (Wildman–Crippen LogP) is 1.74. The molecule has 0 saturated carbocycles. The summed E-state index contributed by atoms with van der Waals surface area (Å²) < 4.78 is 58.9. The Morgan fingerprint density at radius 1 is 1.03 bits per heavy atom. The number of amides is 1. The molecule has 1 saturated heterocycles. The first-order valence-corrected chi connectivity index (χ1v) is 12.8. The van der Waals surface area contributed by atoms with Crippen molar-refractivity contribution in [2.24, 2.45) is 0 Å². The maximum Gasteiger partial charge on any atom is 0.255 e. The van der Waals surface area contributed by atoms with Gasteiger partial charge in [-0.1, -0.05) is 6.42 Å². The van der Waals surface area contributed by atoms with Crippen molar-refractivity contribution in [3.63, 3.8) is 0 Å². The Morgan fingerprint density at radius 2 is 1.72 bits per heavy atom. The second-order valence-electron chi connectivity index (χ2n) is 7.17. The number of anilines is 1. The highest BCUT2D eigenvalue weighted by molar-refractivity contribution is 7.89. The molecule has 1 fully saturated rings. The van der Waals surface area contributed by atoms with Crippen molar-refractivity contribution < 1.29 is 31.5 Å². The third-order valence-electron chi connectivity index (χ3n) is 5.15. The molecule has 0 aromatic heterocycles. The number of carbonyl (C=O) groups excluding carboxylic acids is 1. The van der Waals surface area contributed by atoms with E-state index in [2.05, 4.69) is 10.0 Å². The van der Waals surface area contributed by atoms with E-state index in [1.807, 2.05) is 0 Å². The number of hydrogen-bond acceptors (Lipinski definition) is 7. The summed E-state index contributed by atoms with van der Waals surface area (Å²) in [5, 5.41) is 12.6. The SMILES string of the molecule is CNS(=O)(=O)c1cc(C(=O)Nc2cc(S(=O)(=O)N3CCCCC3)ccc2O)ccc1OC. The lowest BCUT2D eigenvalue weighted by Crippen LogP contribution is -2.35. The maximum absolute atomic E-state index is 12.9. The van der Waals surface area contributed by atoms with Crippen molar-refractivity contribution >= 4 is 31.6 Å². The molecule has 12 heteroatoms. The Bertz CT molecular complexity index is 1220. The van der Waals surface area contributed by atoms with Crippen LogP contribution >= 0.6 is 0 Å². The number of ether oxygens (including phenoxy) is 1. The number of hydrogen-bond donors (Lipinski definition) is 3. The van der Waals surface area contributed by atoms with Crippen LogP contribution in [0.2, 0.25) is 0 Å². The van der Waals surface area contributed by atoms with Gasteiger partial charge < -0.3 is 15.2 Å². The van der Waals surface area contributed by atoms with Gasteiger partial charge in [-0.2, -0.15) is 4.31 Å². The first-order valence-electron chi connectivity index (χ1n) is 9.86. The molecule has 32 heavy (non-hydrogen) atoms. The van der Waals surface area contributed by atoms with Crippen molar-refractivity contribution in [2.75, 3.05) is 32.6 Å². The Kier molecular flexibility index (Phi) is 7.08. The van der Waals surface area contributed by atoms with E-state index in [9.17, 15) is 26.7 Å². The van der Waals surface area contributed by atoms with E-state index < -0.39 is 26.0 Å². The van der Waals surface area contributed by atoms with E-state index >= 15 is 0 Å². The van der Waals surface area contributed by atoms with Crippen LogP contribution in [0.4, 0.5) is 5.69 Å². The van der Waals surface area contributed by atoms with Crippen LogP contribution in [0.15, 0.2) is 46.2 Å². The lowest BCUT2D eigenvalue weighted by atomic mass is 10.2. The van der Waals surface area contributed by atoms with Gasteiger partial charge in [-0.3, -0.25) is 4.79 Å². The van der Waals surface area contributed by atoms with E-state index in [-0.39, 0.29) is 32.5 Å². The molecule has 10 nitrogen and oxygen atoms in total. The summed E-state index contributed by atoms with van der Waals surface area (Å²) in [6.45, 7) is 0.832. The van der Waals surface area contributed by atoms with Crippen LogP contribution < -0.4 is 14.8 Å². The zero-order valence-corrected chi connectivity index (χ0v) is 19.3. The molecule has 0 atom stereocenters. The number of phenolic OH excluding ortho intramolecular Hbond substituents is 1. The van der Waals surface area contributed by atoms with Gasteiger partial charge in [0, 0.05) is 18.7 Å². The van der Waals surface area contributed by atoms with Crippen molar-refractivity contribution in [1.29, 1.82) is 0 Å². The molecule has 1 aliphatic rings. The summed E-state index contributed by atoms with van der Waals surface area (Å²) >= 11 is 0. The van der Waals surface area contributed by atoms with E-state index in [0.717, 1.165) is 25.3 Å². The van der Waals surface area contributed by atoms with Gasteiger partial charge in [0.1, 0.15) is 16.4 Å². The van der Waals surface area contributed by atoms with Gasteiger partial charge in [0.15, 0.2) is 0 Å². The van der Waals surface area contributed by atoms with Crippen LogP contribution in [-0.2, 0) is 20.0 Å². The van der Waals surface area contributed by atoms with Gasteiger partial charge in [-0.05, 0) is 56.3 Å². The lowest BCUT2D eigenvalue weighted by Gasteiger charge is -2.26. The van der Waals surface area contributed by atoms with Crippen LogP contribution in [-0.4, -0.2) is 59.4 Å². The topological polar surface area (TPSA) is 142 Å². The third-order valence-corrected chi connectivity index (χ3v) is 8.48. The van der Waals surface area contributed by atoms with Gasteiger partial charge in [0.25, 0.3) is 5.91 Å². The summed E-state index contributed by atoms with van der Waals surface area (Å²) in [6.07, 6.45) is 2.52. The molecule has 174 valence electrons. The number of methoxy groups -OCH3 is 1. The minimum Gasteiger partial charge on any atom is -0.506 e. The summed E-state index contributed by atoms with van der Waals surface area (Å²) in [5.74, 6) is -1.01. The standard InChI is InChI=1S/C20H25N3O7S2/c1-21-31(26,27)19-12-14(6-9-18(19)30-2)20(25)22-16-13-15(7-8-17(16)24)32(28,29)23-10-4-3-5-11-23/h6-9,12-13,21,24H,3-5,10-11H2,1-2H3,(H,22,25). The zero-order valence-electron chi connectivity index (χ0n) is 17.7. The first-order chi connectivity index (χ1) is 15.1. The molecule has 0 spiro atoms. The molecule has 2 aromatic carbocycles. The molecule has 1 amide bonds. The third kappa shape index (κ3) is 4.88. The molecule has 0 radical (unpaired) electrons. The van der Waals surface area contributed by atoms with Gasteiger partial charge in [0.2, 0.25) is 20.0 Å². The summed E-state index contributed by atoms with van der Waals surface area (Å²) in [7, 11) is -5.15. The Labute approximate surface area is 187 Å². The summed E-state index contributed by atoms with van der Waals surface area (Å²) in [5.41, 5.74) is -0.134. The second kappa shape index (κ2) is 9.45. The van der Waals surface area contributed by atoms with Crippen molar-refractivity contribution in [1.82, 2.24) is 9.03 Å². The van der Waals surface area contributed by atoms with Crippen LogP contribution in [0.3, 0.4) is 0 Å². The Balaban J connectivity index is 1.92. The zero-order chi connectivity index (χ0) is 23.5. The van der Waals surface area contributed by atoms with Crippen LogP contribution in [0.5, 0.6) is 11.5 Å². The van der Waals surface area contributed by atoms with Gasteiger partial charge in [0.05, 0.1) is 17.7 Å². The molecule has 3 N–H and O–H groups in total. The lowest BCUT2D eigenvalue weighted by molar-refractivity contribution is 0.102. The highest BCUT2D eigenvalue weighted by Crippen LogP contribution is 2.30. The number of nitrogens with one attached hydrogen (secondary N) is 2. The smallest absolute Gasteiger partial charge is 0.255 e. The van der Waals surface area contributed by atoms with E-state index in [1.54, 1.807) is 0 Å². The van der Waals surface area contributed by atoms with Crippen LogP contribution in [0.25, 0.3) is 0 Å². The van der Waals surface area contributed by atoms with Gasteiger partial charge in [-0.15, -0.1) is 0 Å². The Hall–Kier alpha value is -2.67. The van der Waals surface area contributed by atoms with E-state index in [1.165, 1.54) is 48.8 Å². The fourth-order valence-electron chi connectivity index (χ4n) is 3.36. The fourth-order valence-corrected chi connectivity index (χ4v) is 5.82. The quantitative estimate of drug-likeness (QED) is 0.509. The highest BCUT2D eigenvalue weighted by atomic mass is 32.2. The first kappa shape index (κ1) is 24.0. The van der Waals surface area contributed by atoms with E-state index in [4.69, 9.17) is 4.74 Å². The average Bonchev–Trinajstić information content (AvgIpc) is 2.80. The largest absolute Gasteiger partial charge is 0.506 e. The predicted molar refractivity (Wildman–Crippen MR) is 118 cm³/mol. The molecular weight excluding hydrogens is 458 g/mol. The molecule has 0 bridgehead atoms. The number of aromatic hydroxyl groups is 1. The molecule has 1 heterocycles. The minimum atomic E-state index is -3.91. The molecule has 0 unspecified atom stereocenters. The van der Waals surface area contributed by atoms with Crippen molar-refractivity contribution in [2.45, 2.75) is 29.1 Å². The van der Waals surface area contributed by atoms with Gasteiger partial charge >= 0.3 is 0 Å². The molecular formula is C20H25N3O7S2. The highest BCUT2D eigenvalue weighted by Gasteiger charge is 2.27. The number of sulfonamides is 2. The Morgan fingerprint density at radius 3 is 2.34 bits per heavy atom. The number of phenols is 1. The number of nitrogens with zero attached hydrogens (tertiary/aromatic N) is 1. The van der Waals surface area contributed by atoms with Crippen molar-refractivity contribution in [3.8, 4) is 11.5 Å². The molecule has 2 aromatic rings. The number of carbonyl (C=O) groups is 1.